The van der Waals surface area contributed by atoms with E-state index in [1.165, 1.54) is 0 Å². The molecule has 1 aromatic rings. The molecule has 1 aliphatic carbocycles. The quantitative estimate of drug-likeness (QED) is 0.581. The van der Waals surface area contributed by atoms with Gasteiger partial charge in [0.15, 0.2) is 5.78 Å². The molecule has 0 bridgehead atoms. The van der Waals surface area contributed by atoms with Crippen LogP contribution in [0, 0.1) is 0 Å². The lowest BCUT2D eigenvalue weighted by Gasteiger charge is -2.27. The average Bonchev–Trinajstić information content (AvgIpc) is 2.29. The first kappa shape index (κ1) is 11.8. The molecular weight excluding hydrogens is 216 g/mol. The summed E-state index contributed by atoms with van der Waals surface area (Å²) in [6, 6.07) is 7.63. The summed E-state index contributed by atoms with van der Waals surface area (Å²) in [5.74, 6) is -0.988. The van der Waals surface area contributed by atoms with Crippen molar-refractivity contribution in [2.45, 2.75) is 32.1 Å². The summed E-state index contributed by atoms with van der Waals surface area (Å²) < 4.78 is 4.98. The minimum atomic E-state index is -0.720. The highest BCUT2D eigenvalue weighted by Crippen LogP contribution is 2.36. The number of carbonyl (C=O) groups is 2. The van der Waals surface area contributed by atoms with Crippen molar-refractivity contribution in [3.63, 3.8) is 0 Å². The summed E-state index contributed by atoms with van der Waals surface area (Å²) in [4.78, 5) is 23.8. The highest BCUT2D eigenvalue weighted by molar-refractivity contribution is 6.06. The Kier molecular flexibility index (Phi) is 3.27. The highest BCUT2D eigenvalue weighted by Gasteiger charge is 2.37. The Labute approximate surface area is 101 Å². The van der Waals surface area contributed by atoms with Gasteiger partial charge in [-0.15, -0.1) is 0 Å². The highest BCUT2D eigenvalue weighted by atomic mass is 16.5. The molecule has 0 N–H and O–H groups in total. The van der Waals surface area contributed by atoms with Crippen LogP contribution in [0.5, 0.6) is 0 Å². The molecule has 2 rings (SSSR count). The third kappa shape index (κ3) is 2.09. The van der Waals surface area contributed by atoms with Crippen LogP contribution in [0.1, 0.15) is 43.2 Å². The van der Waals surface area contributed by atoms with Gasteiger partial charge < -0.3 is 4.74 Å². The van der Waals surface area contributed by atoms with Crippen molar-refractivity contribution in [3.8, 4) is 0 Å². The number of rotatable bonds is 2. The zero-order valence-corrected chi connectivity index (χ0v) is 10.1. The molecule has 17 heavy (non-hydrogen) atoms. The van der Waals surface area contributed by atoms with Gasteiger partial charge in [-0.3, -0.25) is 9.59 Å². The summed E-state index contributed by atoms with van der Waals surface area (Å²) in [5.41, 5.74) is 1.90. The minimum Gasteiger partial charge on any atom is -0.465 e. The van der Waals surface area contributed by atoms with E-state index in [2.05, 4.69) is 0 Å². The van der Waals surface area contributed by atoms with Gasteiger partial charge in [0.2, 0.25) is 0 Å². The number of esters is 1. The third-order valence-corrected chi connectivity index (χ3v) is 3.19. The number of carbonyl (C=O) groups excluding carboxylic acids is 2. The smallest absolute Gasteiger partial charge is 0.321 e. The van der Waals surface area contributed by atoms with Gasteiger partial charge in [0.05, 0.1) is 6.61 Å². The summed E-state index contributed by atoms with van der Waals surface area (Å²) in [6.07, 6.45) is 0.417. The SMILES string of the molecule is CCOC(=O)C1C(=O)CC(C)c2ccccc21. The van der Waals surface area contributed by atoms with Crippen molar-refractivity contribution in [1.29, 1.82) is 0 Å². The number of hydrogen-bond donors (Lipinski definition) is 0. The van der Waals surface area contributed by atoms with Gasteiger partial charge in [-0.1, -0.05) is 31.2 Å². The van der Waals surface area contributed by atoms with Crippen molar-refractivity contribution >= 4 is 11.8 Å². The maximum atomic E-state index is 12.0. The Morgan fingerprint density at radius 2 is 2.00 bits per heavy atom. The number of hydrogen-bond acceptors (Lipinski definition) is 3. The molecular formula is C14H16O3. The molecule has 0 heterocycles. The molecule has 1 aliphatic rings. The molecule has 90 valence electrons. The van der Waals surface area contributed by atoms with Crippen LogP contribution in [0.25, 0.3) is 0 Å². The van der Waals surface area contributed by atoms with Crippen LogP contribution < -0.4 is 0 Å². The fraction of sp³-hybridized carbons (Fsp3) is 0.429. The fourth-order valence-electron chi connectivity index (χ4n) is 2.41. The van der Waals surface area contributed by atoms with E-state index in [4.69, 9.17) is 4.74 Å². The fourth-order valence-corrected chi connectivity index (χ4v) is 2.41. The largest absolute Gasteiger partial charge is 0.465 e. The van der Waals surface area contributed by atoms with Gasteiger partial charge in [0.1, 0.15) is 5.92 Å². The molecule has 0 fully saturated rings. The second kappa shape index (κ2) is 4.70. The van der Waals surface area contributed by atoms with E-state index in [1.807, 2.05) is 31.2 Å². The molecule has 0 aliphatic heterocycles. The summed E-state index contributed by atoms with van der Waals surface area (Å²) in [7, 11) is 0. The summed E-state index contributed by atoms with van der Waals surface area (Å²) in [6.45, 7) is 4.07. The van der Waals surface area contributed by atoms with Crippen LogP contribution in [0.15, 0.2) is 24.3 Å². The lowest BCUT2D eigenvalue weighted by Crippen LogP contribution is -2.30. The predicted octanol–water partition coefficient (Wildman–Crippen LogP) is 2.41. The monoisotopic (exact) mass is 232 g/mol. The lowest BCUT2D eigenvalue weighted by molar-refractivity contribution is -0.148. The van der Waals surface area contributed by atoms with E-state index in [1.54, 1.807) is 6.92 Å². The molecule has 2 unspecified atom stereocenters. The van der Waals surface area contributed by atoms with E-state index in [0.717, 1.165) is 11.1 Å². The number of ketones is 1. The van der Waals surface area contributed by atoms with E-state index in [-0.39, 0.29) is 11.7 Å². The molecule has 0 saturated carbocycles. The molecule has 0 spiro atoms. The van der Waals surface area contributed by atoms with E-state index in [9.17, 15) is 9.59 Å². The molecule has 0 saturated heterocycles. The third-order valence-electron chi connectivity index (χ3n) is 3.19. The Balaban J connectivity index is 2.42. The van der Waals surface area contributed by atoms with Crippen LogP contribution in [0.4, 0.5) is 0 Å². The number of Topliss-reactive ketones (excluding diaryl/α,β-unsaturated/α-hetero) is 1. The van der Waals surface area contributed by atoms with Gasteiger partial charge in [-0.25, -0.2) is 0 Å². The van der Waals surface area contributed by atoms with E-state index in [0.29, 0.717) is 13.0 Å². The normalized spacial score (nSPS) is 23.1. The predicted molar refractivity (Wildman–Crippen MR) is 63.9 cm³/mol. The van der Waals surface area contributed by atoms with Crippen molar-refractivity contribution in [2.75, 3.05) is 6.61 Å². The van der Waals surface area contributed by atoms with Crippen LogP contribution in [0.3, 0.4) is 0 Å². The minimum absolute atomic E-state index is 0.0327. The molecule has 0 aromatic heterocycles. The first-order chi connectivity index (χ1) is 8.15. The molecule has 2 atom stereocenters. The van der Waals surface area contributed by atoms with Crippen LogP contribution in [0.2, 0.25) is 0 Å². The maximum absolute atomic E-state index is 12.0. The Morgan fingerprint density at radius 3 is 2.65 bits per heavy atom. The first-order valence-electron chi connectivity index (χ1n) is 5.93. The van der Waals surface area contributed by atoms with Crippen LogP contribution >= 0.6 is 0 Å². The van der Waals surface area contributed by atoms with Crippen LogP contribution in [-0.4, -0.2) is 18.4 Å². The molecule has 3 heteroatoms. The first-order valence-corrected chi connectivity index (χ1v) is 5.93. The number of ether oxygens (including phenoxy) is 1. The maximum Gasteiger partial charge on any atom is 0.321 e. The van der Waals surface area contributed by atoms with E-state index >= 15 is 0 Å². The standard InChI is InChI=1S/C14H16O3/c1-3-17-14(16)13-11-7-5-4-6-10(11)9(2)8-12(13)15/h4-7,9,13H,3,8H2,1-2H3. The Hall–Kier alpha value is -1.64. The van der Waals surface area contributed by atoms with Gasteiger partial charge in [0, 0.05) is 6.42 Å². The van der Waals surface area contributed by atoms with Gasteiger partial charge in [0.25, 0.3) is 0 Å². The van der Waals surface area contributed by atoms with Gasteiger partial charge in [-0.05, 0) is 24.0 Å². The molecule has 1 aromatic carbocycles. The number of benzene rings is 1. The van der Waals surface area contributed by atoms with Crippen molar-refractivity contribution < 1.29 is 14.3 Å². The Morgan fingerprint density at radius 1 is 1.35 bits per heavy atom. The van der Waals surface area contributed by atoms with Crippen molar-refractivity contribution in [3.05, 3.63) is 35.4 Å². The van der Waals surface area contributed by atoms with Gasteiger partial charge >= 0.3 is 5.97 Å². The van der Waals surface area contributed by atoms with Crippen molar-refractivity contribution in [2.24, 2.45) is 0 Å². The Bertz CT molecular complexity index is 451. The summed E-state index contributed by atoms with van der Waals surface area (Å²) in [5, 5.41) is 0. The zero-order chi connectivity index (χ0) is 12.4. The average molecular weight is 232 g/mol. The van der Waals surface area contributed by atoms with Gasteiger partial charge in [-0.2, -0.15) is 0 Å². The molecule has 3 nitrogen and oxygen atoms in total. The van der Waals surface area contributed by atoms with Crippen molar-refractivity contribution in [1.82, 2.24) is 0 Å². The molecule has 0 radical (unpaired) electrons. The number of fused-ring (bicyclic) bond motifs is 1. The van der Waals surface area contributed by atoms with Crippen LogP contribution in [-0.2, 0) is 14.3 Å². The second-order valence-corrected chi connectivity index (χ2v) is 4.39. The molecule has 0 amide bonds. The second-order valence-electron chi connectivity index (χ2n) is 4.39. The zero-order valence-electron chi connectivity index (χ0n) is 10.1. The lowest BCUT2D eigenvalue weighted by atomic mass is 9.76. The summed E-state index contributed by atoms with van der Waals surface area (Å²) >= 11 is 0. The van der Waals surface area contributed by atoms with E-state index < -0.39 is 11.9 Å². The topological polar surface area (TPSA) is 43.4 Å².